The molecule has 1 aromatic rings. The average molecular weight is 281 g/mol. The molecule has 110 valence electrons. The molecule has 1 aliphatic rings. The van der Waals surface area contributed by atoms with Crippen molar-refractivity contribution in [1.82, 2.24) is 9.47 Å². The van der Waals surface area contributed by atoms with Gasteiger partial charge in [-0.15, -0.1) is 0 Å². The highest BCUT2D eigenvalue weighted by Gasteiger charge is 2.31. The smallest absolute Gasteiger partial charge is 0.287 e. The summed E-state index contributed by atoms with van der Waals surface area (Å²) in [5.74, 6) is -0.249. The van der Waals surface area contributed by atoms with Gasteiger partial charge in [-0.25, -0.2) is 0 Å². The fourth-order valence-electron chi connectivity index (χ4n) is 2.26. The molecule has 1 aromatic heterocycles. The first-order valence-electron chi connectivity index (χ1n) is 6.84. The molecule has 0 radical (unpaired) electrons. The lowest BCUT2D eigenvalue weighted by Gasteiger charge is -2.21. The van der Waals surface area contributed by atoms with Gasteiger partial charge in [0.25, 0.3) is 11.6 Å². The Hall–Kier alpha value is -1.89. The van der Waals surface area contributed by atoms with E-state index >= 15 is 0 Å². The van der Waals surface area contributed by atoms with Gasteiger partial charge in [-0.2, -0.15) is 0 Å². The van der Waals surface area contributed by atoms with Crippen molar-refractivity contribution in [2.24, 2.45) is 0 Å². The van der Waals surface area contributed by atoms with Gasteiger partial charge in [-0.1, -0.05) is 6.92 Å². The van der Waals surface area contributed by atoms with Crippen LogP contribution in [0.15, 0.2) is 12.3 Å². The van der Waals surface area contributed by atoms with Gasteiger partial charge in [0, 0.05) is 25.2 Å². The molecular formula is C13H19N3O4. The largest absolute Gasteiger partial charge is 0.395 e. The number of nitro groups is 1. The molecule has 1 saturated carbocycles. The van der Waals surface area contributed by atoms with E-state index < -0.39 is 4.92 Å². The first-order chi connectivity index (χ1) is 9.58. The van der Waals surface area contributed by atoms with Crippen LogP contribution in [0.2, 0.25) is 0 Å². The van der Waals surface area contributed by atoms with E-state index in [1.807, 2.05) is 6.92 Å². The molecule has 2 rings (SSSR count). The number of nitrogens with zero attached hydrogens (tertiary/aromatic N) is 3. The summed E-state index contributed by atoms with van der Waals surface area (Å²) in [5, 5.41) is 19.9. The topological polar surface area (TPSA) is 88.6 Å². The third-order valence-electron chi connectivity index (χ3n) is 3.35. The Balaban J connectivity index is 2.29. The van der Waals surface area contributed by atoms with Crippen LogP contribution in [0.5, 0.6) is 0 Å². The van der Waals surface area contributed by atoms with Crippen LogP contribution in [0.25, 0.3) is 0 Å². The molecule has 7 nitrogen and oxygen atoms in total. The SMILES string of the molecule is CCCN(CCO)C(=O)c1cc([N+](=O)[O-])cn1C1CC1. The van der Waals surface area contributed by atoms with Gasteiger partial charge in [-0.05, 0) is 19.3 Å². The summed E-state index contributed by atoms with van der Waals surface area (Å²) in [7, 11) is 0. The van der Waals surface area contributed by atoms with Crippen LogP contribution in [0.1, 0.15) is 42.7 Å². The molecular weight excluding hydrogens is 262 g/mol. The van der Waals surface area contributed by atoms with Crippen molar-refractivity contribution >= 4 is 11.6 Å². The Kier molecular flexibility index (Phi) is 4.39. The van der Waals surface area contributed by atoms with E-state index in [9.17, 15) is 14.9 Å². The van der Waals surface area contributed by atoms with Gasteiger partial charge in [-0.3, -0.25) is 14.9 Å². The number of hydrogen-bond donors (Lipinski definition) is 1. The van der Waals surface area contributed by atoms with Gasteiger partial charge in [0.15, 0.2) is 0 Å². The Morgan fingerprint density at radius 1 is 1.55 bits per heavy atom. The third-order valence-corrected chi connectivity index (χ3v) is 3.35. The fraction of sp³-hybridized carbons (Fsp3) is 0.615. The van der Waals surface area contributed by atoms with Gasteiger partial charge in [0.2, 0.25) is 0 Å². The molecule has 0 aromatic carbocycles. The molecule has 0 spiro atoms. The lowest BCUT2D eigenvalue weighted by Crippen LogP contribution is -2.35. The maximum atomic E-state index is 12.5. The first kappa shape index (κ1) is 14.5. The highest BCUT2D eigenvalue weighted by atomic mass is 16.6. The minimum Gasteiger partial charge on any atom is -0.395 e. The summed E-state index contributed by atoms with van der Waals surface area (Å²) in [6.45, 7) is 2.61. The number of rotatable bonds is 7. The van der Waals surface area contributed by atoms with E-state index in [-0.39, 0.29) is 30.8 Å². The number of hydrogen-bond acceptors (Lipinski definition) is 4. The summed E-state index contributed by atoms with van der Waals surface area (Å²) in [4.78, 5) is 24.4. The molecule has 0 unspecified atom stereocenters. The van der Waals surface area contributed by atoms with Crippen LogP contribution >= 0.6 is 0 Å². The Morgan fingerprint density at radius 2 is 2.25 bits per heavy atom. The van der Waals surface area contributed by atoms with Crippen molar-refractivity contribution in [2.75, 3.05) is 19.7 Å². The number of aromatic nitrogens is 1. The highest BCUT2D eigenvalue weighted by Crippen LogP contribution is 2.38. The van der Waals surface area contributed by atoms with Crippen LogP contribution in [-0.2, 0) is 0 Å². The second-order valence-electron chi connectivity index (χ2n) is 4.99. The van der Waals surface area contributed by atoms with Gasteiger partial charge < -0.3 is 14.6 Å². The number of aliphatic hydroxyl groups is 1. The molecule has 7 heteroatoms. The monoisotopic (exact) mass is 281 g/mol. The van der Waals surface area contributed by atoms with Gasteiger partial charge >= 0.3 is 0 Å². The second kappa shape index (κ2) is 6.04. The minimum absolute atomic E-state index is 0.0549. The van der Waals surface area contributed by atoms with Crippen molar-refractivity contribution < 1.29 is 14.8 Å². The zero-order valence-corrected chi connectivity index (χ0v) is 11.5. The zero-order valence-electron chi connectivity index (χ0n) is 11.5. The van der Waals surface area contributed by atoms with Crippen LogP contribution < -0.4 is 0 Å². The highest BCUT2D eigenvalue weighted by molar-refractivity contribution is 5.93. The lowest BCUT2D eigenvalue weighted by molar-refractivity contribution is -0.384. The van der Waals surface area contributed by atoms with Crippen molar-refractivity contribution in [3.8, 4) is 0 Å². The van der Waals surface area contributed by atoms with E-state index in [0.717, 1.165) is 19.3 Å². The zero-order chi connectivity index (χ0) is 14.7. The summed E-state index contributed by atoms with van der Waals surface area (Å²) < 4.78 is 1.71. The molecule has 1 N–H and O–H groups in total. The molecule has 0 saturated heterocycles. The van der Waals surface area contributed by atoms with Crippen LogP contribution in [0.3, 0.4) is 0 Å². The van der Waals surface area contributed by atoms with Crippen molar-refractivity contribution in [3.63, 3.8) is 0 Å². The fourth-order valence-corrected chi connectivity index (χ4v) is 2.26. The second-order valence-corrected chi connectivity index (χ2v) is 4.99. The molecule has 1 amide bonds. The molecule has 1 fully saturated rings. The Bertz CT molecular complexity index is 502. The quantitative estimate of drug-likeness (QED) is 0.607. The van der Waals surface area contributed by atoms with Crippen LogP contribution in [-0.4, -0.2) is 45.1 Å². The average Bonchev–Trinajstić information content (AvgIpc) is 3.16. The van der Waals surface area contributed by atoms with E-state index in [1.165, 1.54) is 17.2 Å². The van der Waals surface area contributed by atoms with Crippen molar-refractivity contribution in [1.29, 1.82) is 0 Å². The Morgan fingerprint density at radius 3 is 2.75 bits per heavy atom. The summed E-state index contributed by atoms with van der Waals surface area (Å²) in [5.41, 5.74) is 0.293. The summed E-state index contributed by atoms with van der Waals surface area (Å²) in [6, 6.07) is 1.53. The maximum absolute atomic E-state index is 12.5. The van der Waals surface area contributed by atoms with E-state index in [2.05, 4.69) is 0 Å². The third kappa shape index (κ3) is 2.98. The van der Waals surface area contributed by atoms with Crippen LogP contribution in [0, 0.1) is 10.1 Å². The minimum atomic E-state index is -0.480. The van der Waals surface area contributed by atoms with E-state index in [4.69, 9.17) is 5.11 Å². The molecule has 20 heavy (non-hydrogen) atoms. The van der Waals surface area contributed by atoms with Crippen molar-refractivity contribution in [3.05, 3.63) is 28.1 Å². The van der Waals surface area contributed by atoms with Gasteiger partial charge in [0.05, 0.1) is 17.7 Å². The number of carbonyl (C=O) groups excluding carboxylic acids is 1. The molecule has 0 bridgehead atoms. The number of amides is 1. The maximum Gasteiger partial charge on any atom is 0.287 e. The molecule has 1 aliphatic carbocycles. The number of aliphatic hydroxyl groups excluding tert-OH is 1. The molecule has 0 atom stereocenters. The normalized spacial score (nSPS) is 14.3. The Labute approximate surface area is 116 Å². The van der Waals surface area contributed by atoms with Crippen LogP contribution in [0.4, 0.5) is 5.69 Å². The number of carbonyl (C=O) groups is 1. The molecule has 1 heterocycles. The van der Waals surface area contributed by atoms with E-state index in [0.29, 0.717) is 12.2 Å². The summed E-state index contributed by atoms with van der Waals surface area (Å²) in [6.07, 6.45) is 4.10. The first-order valence-corrected chi connectivity index (χ1v) is 6.84. The van der Waals surface area contributed by atoms with Gasteiger partial charge in [0.1, 0.15) is 5.69 Å². The standard InChI is InChI=1S/C13H19N3O4/c1-2-5-14(6-7-17)13(18)12-8-11(16(19)20)9-15(12)10-3-4-10/h8-10,17H,2-7H2,1H3. The molecule has 0 aliphatic heterocycles. The lowest BCUT2D eigenvalue weighted by atomic mass is 10.3. The predicted octanol–water partition coefficient (Wildman–Crippen LogP) is 1.58. The van der Waals surface area contributed by atoms with E-state index in [1.54, 1.807) is 4.57 Å². The predicted molar refractivity (Wildman–Crippen MR) is 72.6 cm³/mol. The summed E-state index contributed by atoms with van der Waals surface area (Å²) >= 11 is 0. The van der Waals surface area contributed by atoms with Crippen molar-refractivity contribution in [2.45, 2.75) is 32.2 Å².